The molecular weight excluding hydrogens is 322 g/mol. The van der Waals surface area contributed by atoms with Gasteiger partial charge in [0, 0.05) is 12.3 Å². The van der Waals surface area contributed by atoms with Crippen LogP contribution in [0.4, 0.5) is 0 Å². The van der Waals surface area contributed by atoms with Crippen molar-refractivity contribution in [2.75, 3.05) is 12.3 Å². The quantitative estimate of drug-likeness (QED) is 0.772. The van der Waals surface area contributed by atoms with E-state index in [1.54, 1.807) is 36.0 Å². The third kappa shape index (κ3) is 6.08. The molecule has 4 nitrogen and oxygen atoms in total. The van der Waals surface area contributed by atoms with Gasteiger partial charge in [0.1, 0.15) is 0 Å². The van der Waals surface area contributed by atoms with E-state index in [-0.39, 0.29) is 11.5 Å². The van der Waals surface area contributed by atoms with Gasteiger partial charge >= 0.3 is 5.97 Å². The van der Waals surface area contributed by atoms with E-state index in [0.29, 0.717) is 18.7 Å². The van der Waals surface area contributed by atoms with Crippen LogP contribution in [0.3, 0.4) is 0 Å². The molecule has 5 heteroatoms. The molecule has 0 unspecified atom stereocenters. The van der Waals surface area contributed by atoms with E-state index in [9.17, 15) is 9.59 Å². The molecule has 0 spiro atoms. The lowest BCUT2D eigenvalue weighted by Gasteiger charge is -2.06. The fourth-order valence-electron chi connectivity index (χ4n) is 2.27. The lowest BCUT2D eigenvalue weighted by molar-refractivity contribution is -0.118. The third-order valence-electron chi connectivity index (χ3n) is 3.52. The minimum absolute atomic E-state index is 0.0230. The zero-order valence-electron chi connectivity index (χ0n) is 13.6. The smallest absolute Gasteiger partial charge is 0.335 e. The summed E-state index contributed by atoms with van der Waals surface area (Å²) in [5, 5.41) is 11.7. The summed E-state index contributed by atoms with van der Waals surface area (Å²) in [6.45, 7) is 2.61. The van der Waals surface area contributed by atoms with Crippen molar-refractivity contribution in [2.24, 2.45) is 0 Å². The van der Waals surface area contributed by atoms with Crippen LogP contribution in [0.5, 0.6) is 0 Å². The number of carboxylic acids is 1. The zero-order chi connectivity index (χ0) is 17.4. The predicted molar refractivity (Wildman–Crippen MR) is 97.5 cm³/mol. The molecule has 1 amide bonds. The molecule has 0 saturated heterocycles. The van der Waals surface area contributed by atoms with Crippen molar-refractivity contribution in [3.8, 4) is 0 Å². The van der Waals surface area contributed by atoms with Gasteiger partial charge in [0.2, 0.25) is 5.91 Å². The largest absolute Gasteiger partial charge is 0.478 e. The zero-order valence-corrected chi connectivity index (χ0v) is 14.4. The molecule has 2 rings (SSSR count). The van der Waals surface area contributed by atoms with Crippen molar-refractivity contribution in [1.29, 1.82) is 0 Å². The maximum absolute atomic E-state index is 11.8. The van der Waals surface area contributed by atoms with E-state index >= 15 is 0 Å². The second kappa shape index (κ2) is 9.13. The van der Waals surface area contributed by atoms with Crippen molar-refractivity contribution in [3.63, 3.8) is 0 Å². The number of benzene rings is 2. The summed E-state index contributed by atoms with van der Waals surface area (Å²) in [5.74, 6) is 0.354. The van der Waals surface area contributed by atoms with Crippen molar-refractivity contribution in [3.05, 3.63) is 70.8 Å². The Balaban J connectivity index is 1.65. The van der Waals surface area contributed by atoms with E-state index in [0.717, 1.165) is 11.3 Å². The topological polar surface area (TPSA) is 66.4 Å². The second-order valence-corrected chi connectivity index (χ2v) is 6.57. The van der Waals surface area contributed by atoms with Gasteiger partial charge in [0.05, 0.1) is 11.3 Å². The van der Waals surface area contributed by atoms with Crippen LogP contribution in [-0.4, -0.2) is 29.3 Å². The lowest BCUT2D eigenvalue weighted by Crippen LogP contribution is -2.27. The molecular formula is C19H21NO3S. The predicted octanol–water partition coefficient (Wildman–Crippen LogP) is 3.29. The van der Waals surface area contributed by atoms with Crippen LogP contribution in [0.2, 0.25) is 0 Å². The second-order valence-electron chi connectivity index (χ2n) is 5.58. The average Bonchev–Trinajstić information content (AvgIpc) is 2.55. The van der Waals surface area contributed by atoms with Gasteiger partial charge in [-0.1, -0.05) is 42.0 Å². The number of rotatable bonds is 8. The number of nitrogens with one attached hydrogen (secondary N) is 1. The van der Waals surface area contributed by atoms with E-state index in [1.165, 1.54) is 11.1 Å². The fourth-order valence-corrected chi connectivity index (χ4v) is 3.08. The summed E-state index contributed by atoms with van der Waals surface area (Å²) in [5.41, 5.74) is 3.74. The molecule has 2 N–H and O–H groups in total. The van der Waals surface area contributed by atoms with Gasteiger partial charge < -0.3 is 10.4 Å². The van der Waals surface area contributed by atoms with Crippen LogP contribution in [0, 0.1) is 6.92 Å². The number of hydrogen-bond donors (Lipinski definition) is 2. The van der Waals surface area contributed by atoms with Crippen molar-refractivity contribution in [1.82, 2.24) is 5.32 Å². The number of amides is 1. The van der Waals surface area contributed by atoms with Gasteiger partial charge in [0.25, 0.3) is 0 Å². The number of thioether (sulfide) groups is 1. The highest BCUT2D eigenvalue weighted by molar-refractivity contribution is 7.99. The molecule has 0 radical (unpaired) electrons. The molecule has 0 saturated carbocycles. The number of carbonyl (C=O) groups is 2. The van der Waals surface area contributed by atoms with Gasteiger partial charge in [0.15, 0.2) is 0 Å². The van der Waals surface area contributed by atoms with Gasteiger partial charge in [-0.2, -0.15) is 0 Å². The maximum atomic E-state index is 11.8. The van der Waals surface area contributed by atoms with Crippen LogP contribution in [0.15, 0.2) is 48.5 Å². The van der Waals surface area contributed by atoms with Gasteiger partial charge in [-0.15, -0.1) is 11.8 Å². The average molecular weight is 343 g/mol. The highest BCUT2D eigenvalue weighted by atomic mass is 32.2. The first-order chi connectivity index (χ1) is 11.5. The fraction of sp³-hybridized carbons (Fsp3) is 0.263. The first-order valence-corrected chi connectivity index (χ1v) is 8.92. The Hall–Kier alpha value is -2.27. The summed E-state index contributed by atoms with van der Waals surface area (Å²) < 4.78 is 0. The Bertz CT molecular complexity index is 698. The summed E-state index contributed by atoms with van der Waals surface area (Å²) >= 11 is 1.60. The Morgan fingerprint density at radius 1 is 1.08 bits per heavy atom. The monoisotopic (exact) mass is 343 g/mol. The minimum atomic E-state index is -0.930. The molecule has 0 bridgehead atoms. The molecule has 2 aromatic carbocycles. The van der Waals surface area contributed by atoms with Gasteiger partial charge in [-0.3, -0.25) is 4.79 Å². The molecule has 2 aromatic rings. The number of hydrogen-bond acceptors (Lipinski definition) is 3. The van der Waals surface area contributed by atoms with Crippen LogP contribution in [0.25, 0.3) is 0 Å². The molecule has 126 valence electrons. The number of carbonyl (C=O) groups excluding carboxylic acids is 1. The van der Waals surface area contributed by atoms with E-state index in [4.69, 9.17) is 5.11 Å². The van der Waals surface area contributed by atoms with Gasteiger partial charge in [-0.25, -0.2) is 4.79 Å². The molecule has 0 aliphatic rings. The van der Waals surface area contributed by atoms with Crippen LogP contribution < -0.4 is 5.32 Å². The Labute approximate surface area is 146 Å². The Morgan fingerprint density at radius 2 is 1.83 bits per heavy atom. The van der Waals surface area contributed by atoms with Crippen molar-refractivity contribution < 1.29 is 14.7 Å². The van der Waals surface area contributed by atoms with E-state index in [2.05, 4.69) is 30.4 Å². The van der Waals surface area contributed by atoms with E-state index in [1.807, 2.05) is 6.07 Å². The first kappa shape index (κ1) is 18.1. The standard InChI is InChI=1S/C19H21NO3S/c1-14-3-2-4-16(11-14)12-24-13-18(21)20-10-9-15-5-7-17(8-6-15)19(22)23/h2-8,11H,9-10,12-13H2,1H3,(H,20,21)(H,22,23). The maximum Gasteiger partial charge on any atom is 0.335 e. The van der Waals surface area contributed by atoms with Crippen LogP contribution in [-0.2, 0) is 17.0 Å². The van der Waals surface area contributed by atoms with Crippen molar-refractivity contribution >= 4 is 23.6 Å². The van der Waals surface area contributed by atoms with Crippen molar-refractivity contribution in [2.45, 2.75) is 19.1 Å². The third-order valence-corrected chi connectivity index (χ3v) is 4.52. The number of carboxylic acid groups (broad SMARTS) is 1. The number of aryl methyl sites for hydroxylation is 1. The molecule has 0 atom stereocenters. The summed E-state index contributed by atoms with van der Waals surface area (Å²) in [6.07, 6.45) is 0.689. The molecule has 0 fully saturated rings. The Morgan fingerprint density at radius 3 is 2.50 bits per heavy atom. The lowest BCUT2D eigenvalue weighted by atomic mass is 10.1. The summed E-state index contributed by atoms with van der Waals surface area (Å²) in [6, 6.07) is 15.0. The molecule has 0 aliphatic carbocycles. The molecule has 0 heterocycles. The first-order valence-electron chi connectivity index (χ1n) is 7.77. The summed E-state index contributed by atoms with van der Waals surface area (Å²) in [4.78, 5) is 22.6. The number of aromatic carboxylic acids is 1. The Kier molecular flexibility index (Phi) is 6.88. The molecule has 0 aliphatic heterocycles. The minimum Gasteiger partial charge on any atom is -0.478 e. The SMILES string of the molecule is Cc1cccc(CSCC(=O)NCCc2ccc(C(=O)O)cc2)c1. The molecule has 24 heavy (non-hydrogen) atoms. The van der Waals surface area contributed by atoms with Crippen LogP contribution >= 0.6 is 11.8 Å². The van der Waals surface area contributed by atoms with Crippen LogP contribution in [0.1, 0.15) is 27.0 Å². The summed E-state index contributed by atoms with van der Waals surface area (Å²) in [7, 11) is 0. The van der Waals surface area contributed by atoms with Gasteiger partial charge in [-0.05, 0) is 36.6 Å². The van der Waals surface area contributed by atoms with E-state index < -0.39 is 5.97 Å². The normalized spacial score (nSPS) is 10.4. The molecule has 0 aromatic heterocycles. The highest BCUT2D eigenvalue weighted by Gasteiger charge is 2.04. The highest BCUT2D eigenvalue weighted by Crippen LogP contribution is 2.13.